The molecule has 2 aromatic carbocycles. The third-order valence-corrected chi connectivity index (χ3v) is 4.26. The summed E-state index contributed by atoms with van der Waals surface area (Å²) >= 11 is 0. The second-order valence-corrected chi connectivity index (χ2v) is 5.76. The molecule has 2 atom stereocenters. The van der Waals surface area contributed by atoms with Gasteiger partial charge in [-0.25, -0.2) is 0 Å². The molecule has 2 amide bonds. The van der Waals surface area contributed by atoms with Crippen LogP contribution in [-0.2, 0) is 4.79 Å². The molecular formula is C17H18N2O2. The van der Waals surface area contributed by atoms with Crippen LogP contribution in [0.3, 0.4) is 0 Å². The van der Waals surface area contributed by atoms with Crippen molar-refractivity contribution >= 4 is 22.6 Å². The maximum absolute atomic E-state index is 12.6. The number of carbonyl (C=O) groups is 2. The average Bonchev–Trinajstić information content (AvgIpc) is 2.88. The summed E-state index contributed by atoms with van der Waals surface area (Å²) in [6, 6.07) is 13.6. The Kier molecular flexibility index (Phi) is 3.37. The Labute approximate surface area is 123 Å². The summed E-state index contributed by atoms with van der Waals surface area (Å²) < 4.78 is 0. The van der Waals surface area contributed by atoms with Crippen LogP contribution in [0.15, 0.2) is 42.5 Å². The highest BCUT2D eigenvalue weighted by atomic mass is 16.2. The number of nitrogens with two attached hydrogens (primary N) is 1. The molecule has 0 bridgehead atoms. The summed E-state index contributed by atoms with van der Waals surface area (Å²) in [6.07, 6.45) is 0. The zero-order chi connectivity index (χ0) is 15.0. The van der Waals surface area contributed by atoms with E-state index in [9.17, 15) is 9.59 Å². The van der Waals surface area contributed by atoms with E-state index in [1.54, 1.807) is 4.90 Å². The molecule has 1 fully saturated rings. The van der Waals surface area contributed by atoms with Crippen LogP contribution in [-0.4, -0.2) is 29.8 Å². The van der Waals surface area contributed by atoms with E-state index in [4.69, 9.17) is 5.73 Å². The number of nitrogens with zero attached hydrogens (tertiary/aromatic N) is 1. The van der Waals surface area contributed by atoms with E-state index in [0.717, 1.165) is 10.8 Å². The van der Waals surface area contributed by atoms with Gasteiger partial charge in [-0.1, -0.05) is 37.3 Å². The number of benzene rings is 2. The quantitative estimate of drug-likeness (QED) is 0.916. The zero-order valence-corrected chi connectivity index (χ0v) is 12.0. The first-order valence-corrected chi connectivity index (χ1v) is 7.13. The van der Waals surface area contributed by atoms with Gasteiger partial charge in [0, 0.05) is 18.7 Å². The second kappa shape index (κ2) is 5.20. The highest BCUT2D eigenvalue weighted by Crippen LogP contribution is 2.25. The van der Waals surface area contributed by atoms with E-state index in [0.29, 0.717) is 18.7 Å². The number of likely N-dealkylation sites (tertiary alicyclic amines) is 1. The fourth-order valence-corrected chi connectivity index (χ4v) is 3.01. The highest BCUT2D eigenvalue weighted by Gasteiger charge is 2.36. The second-order valence-electron chi connectivity index (χ2n) is 5.76. The van der Waals surface area contributed by atoms with Gasteiger partial charge in [0.25, 0.3) is 5.91 Å². The van der Waals surface area contributed by atoms with Gasteiger partial charge in [-0.15, -0.1) is 0 Å². The standard InChI is InChI=1S/C17H18N2O2/c1-11-9-19(10-15(11)16(18)20)17(21)14-7-6-12-4-2-3-5-13(12)8-14/h2-8,11,15H,9-10H2,1H3,(H2,18,20)/t11-,15-/m1/s1. The first-order valence-electron chi connectivity index (χ1n) is 7.13. The first-order chi connectivity index (χ1) is 10.1. The lowest BCUT2D eigenvalue weighted by Gasteiger charge is -2.16. The van der Waals surface area contributed by atoms with Crippen molar-refractivity contribution in [1.29, 1.82) is 0 Å². The molecule has 0 spiro atoms. The summed E-state index contributed by atoms with van der Waals surface area (Å²) in [6.45, 7) is 2.96. The largest absolute Gasteiger partial charge is 0.369 e. The summed E-state index contributed by atoms with van der Waals surface area (Å²) in [7, 11) is 0. The van der Waals surface area contributed by atoms with Crippen molar-refractivity contribution in [3.63, 3.8) is 0 Å². The van der Waals surface area contributed by atoms with Crippen LogP contribution in [0.25, 0.3) is 10.8 Å². The Balaban J connectivity index is 1.86. The van der Waals surface area contributed by atoms with Gasteiger partial charge in [-0.2, -0.15) is 0 Å². The lowest BCUT2D eigenvalue weighted by Crippen LogP contribution is -2.31. The van der Waals surface area contributed by atoms with Crippen LogP contribution >= 0.6 is 0 Å². The van der Waals surface area contributed by atoms with E-state index in [1.807, 2.05) is 49.4 Å². The van der Waals surface area contributed by atoms with Gasteiger partial charge in [0.2, 0.25) is 5.91 Å². The minimum Gasteiger partial charge on any atom is -0.369 e. The van der Waals surface area contributed by atoms with Crippen molar-refractivity contribution in [2.75, 3.05) is 13.1 Å². The molecule has 0 saturated carbocycles. The molecule has 2 aromatic rings. The van der Waals surface area contributed by atoms with Crippen molar-refractivity contribution in [3.8, 4) is 0 Å². The van der Waals surface area contributed by atoms with Crippen LogP contribution in [0.2, 0.25) is 0 Å². The van der Waals surface area contributed by atoms with E-state index in [1.165, 1.54) is 0 Å². The summed E-state index contributed by atoms with van der Waals surface area (Å²) in [5, 5.41) is 2.15. The van der Waals surface area contributed by atoms with Gasteiger partial charge in [-0.3, -0.25) is 9.59 Å². The first kappa shape index (κ1) is 13.6. The normalized spacial score (nSPS) is 21.7. The van der Waals surface area contributed by atoms with Crippen molar-refractivity contribution < 1.29 is 9.59 Å². The molecule has 0 radical (unpaired) electrons. The molecule has 108 valence electrons. The fraction of sp³-hybridized carbons (Fsp3) is 0.294. The van der Waals surface area contributed by atoms with Crippen molar-refractivity contribution in [2.24, 2.45) is 17.6 Å². The lowest BCUT2D eigenvalue weighted by molar-refractivity contribution is -0.122. The van der Waals surface area contributed by atoms with Crippen LogP contribution in [0, 0.1) is 11.8 Å². The van der Waals surface area contributed by atoms with Gasteiger partial charge in [0.15, 0.2) is 0 Å². The van der Waals surface area contributed by atoms with E-state index >= 15 is 0 Å². The predicted octanol–water partition coefficient (Wildman–Crippen LogP) is 2.03. The Morgan fingerprint density at radius 2 is 1.81 bits per heavy atom. The van der Waals surface area contributed by atoms with Crippen LogP contribution in [0.5, 0.6) is 0 Å². The zero-order valence-electron chi connectivity index (χ0n) is 12.0. The number of primary amides is 1. The summed E-state index contributed by atoms with van der Waals surface area (Å²) in [5.74, 6) is -0.478. The fourth-order valence-electron chi connectivity index (χ4n) is 3.01. The number of rotatable bonds is 2. The maximum atomic E-state index is 12.6. The van der Waals surface area contributed by atoms with Crippen molar-refractivity contribution in [3.05, 3.63) is 48.0 Å². The molecule has 4 nitrogen and oxygen atoms in total. The molecule has 0 unspecified atom stereocenters. The molecule has 4 heteroatoms. The molecule has 1 aliphatic rings. The SMILES string of the molecule is C[C@@H]1CN(C(=O)c2ccc3ccccc3c2)C[C@H]1C(N)=O. The Hall–Kier alpha value is -2.36. The van der Waals surface area contributed by atoms with E-state index < -0.39 is 0 Å². The minimum atomic E-state index is -0.323. The molecule has 3 rings (SSSR count). The van der Waals surface area contributed by atoms with Crippen molar-refractivity contribution in [1.82, 2.24) is 4.90 Å². The smallest absolute Gasteiger partial charge is 0.253 e. The topological polar surface area (TPSA) is 63.4 Å². The third-order valence-electron chi connectivity index (χ3n) is 4.26. The number of hydrogen-bond acceptors (Lipinski definition) is 2. The molecule has 0 aromatic heterocycles. The van der Waals surface area contributed by atoms with Gasteiger partial charge in [0.05, 0.1) is 5.92 Å². The summed E-state index contributed by atoms with van der Waals surface area (Å²) in [5.41, 5.74) is 6.05. The number of fused-ring (bicyclic) bond motifs is 1. The molecule has 1 saturated heterocycles. The van der Waals surface area contributed by atoms with Gasteiger partial charge >= 0.3 is 0 Å². The Bertz CT molecular complexity index is 711. The number of amides is 2. The van der Waals surface area contributed by atoms with Crippen molar-refractivity contribution in [2.45, 2.75) is 6.92 Å². The molecule has 1 aliphatic heterocycles. The maximum Gasteiger partial charge on any atom is 0.253 e. The van der Waals surface area contributed by atoms with Crippen LogP contribution < -0.4 is 5.73 Å². The molecule has 0 aliphatic carbocycles. The molecule has 2 N–H and O–H groups in total. The van der Waals surface area contributed by atoms with Crippen LogP contribution in [0.1, 0.15) is 17.3 Å². The predicted molar refractivity (Wildman–Crippen MR) is 81.7 cm³/mol. The minimum absolute atomic E-state index is 0.0312. The Morgan fingerprint density at radius 1 is 1.10 bits per heavy atom. The molecule has 21 heavy (non-hydrogen) atoms. The van der Waals surface area contributed by atoms with Crippen LogP contribution in [0.4, 0.5) is 0 Å². The molecule has 1 heterocycles. The number of hydrogen-bond donors (Lipinski definition) is 1. The summed E-state index contributed by atoms with van der Waals surface area (Å²) in [4.78, 5) is 25.7. The Morgan fingerprint density at radius 3 is 2.48 bits per heavy atom. The molecular weight excluding hydrogens is 264 g/mol. The van der Waals surface area contributed by atoms with Gasteiger partial charge in [0.1, 0.15) is 0 Å². The van der Waals surface area contributed by atoms with E-state index in [2.05, 4.69) is 0 Å². The van der Waals surface area contributed by atoms with Gasteiger partial charge < -0.3 is 10.6 Å². The monoisotopic (exact) mass is 282 g/mol. The highest BCUT2D eigenvalue weighted by molar-refractivity contribution is 5.99. The number of carbonyl (C=O) groups excluding carboxylic acids is 2. The lowest BCUT2D eigenvalue weighted by atomic mass is 9.98. The van der Waals surface area contributed by atoms with Gasteiger partial charge in [-0.05, 0) is 28.8 Å². The average molecular weight is 282 g/mol. The van der Waals surface area contributed by atoms with E-state index in [-0.39, 0.29) is 23.7 Å². The third kappa shape index (κ3) is 2.49.